The first kappa shape index (κ1) is 17.2. The molecule has 0 bridgehead atoms. The Hall–Kier alpha value is -2.67. The fraction of sp³-hybridized carbons (Fsp3) is 0.294. The predicted octanol–water partition coefficient (Wildman–Crippen LogP) is 3.14. The number of carbonyl (C=O) groups is 1. The number of aromatic nitrogens is 4. The lowest BCUT2D eigenvalue weighted by atomic mass is 10.1. The topological polar surface area (TPSA) is 81.9 Å². The second-order valence-corrected chi connectivity index (χ2v) is 5.84. The average molecular weight is 360 g/mol. The van der Waals surface area contributed by atoms with Crippen LogP contribution in [0.15, 0.2) is 30.6 Å². The predicted molar refractivity (Wildman–Crippen MR) is 96.0 cm³/mol. The van der Waals surface area contributed by atoms with Crippen molar-refractivity contribution in [1.82, 2.24) is 19.5 Å². The molecule has 3 aromatic rings. The van der Waals surface area contributed by atoms with E-state index in [1.807, 2.05) is 16.7 Å². The third kappa shape index (κ3) is 3.71. The lowest BCUT2D eigenvalue weighted by molar-refractivity contribution is 0.0600. The van der Waals surface area contributed by atoms with E-state index in [0.717, 1.165) is 18.5 Å². The Morgan fingerprint density at radius 2 is 2.04 bits per heavy atom. The molecule has 0 radical (unpaired) electrons. The smallest absolute Gasteiger partial charge is 0.337 e. The van der Waals surface area contributed by atoms with Gasteiger partial charge in [0.1, 0.15) is 0 Å². The van der Waals surface area contributed by atoms with E-state index < -0.39 is 0 Å². The second-order valence-electron chi connectivity index (χ2n) is 5.50. The number of nitrogens with zero attached hydrogens (tertiary/aromatic N) is 4. The van der Waals surface area contributed by atoms with E-state index >= 15 is 0 Å². The minimum atomic E-state index is -0.356. The third-order valence-corrected chi connectivity index (χ3v) is 3.88. The summed E-state index contributed by atoms with van der Waals surface area (Å²) in [6.45, 7) is 3.41. The Kier molecular flexibility index (Phi) is 5.14. The largest absolute Gasteiger partial charge is 0.465 e. The lowest BCUT2D eigenvalue weighted by Crippen LogP contribution is -2.05. The molecule has 0 atom stereocenters. The van der Waals surface area contributed by atoms with E-state index in [1.54, 1.807) is 18.5 Å². The maximum Gasteiger partial charge on any atom is 0.337 e. The van der Waals surface area contributed by atoms with Crippen LogP contribution in [0.3, 0.4) is 0 Å². The van der Waals surface area contributed by atoms with Gasteiger partial charge in [0.15, 0.2) is 17.0 Å². The summed E-state index contributed by atoms with van der Waals surface area (Å²) in [4.78, 5) is 24.4. The van der Waals surface area contributed by atoms with Gasteiger partial charge in [0, 0.05) is 6.54 Å². The highest BCUT2D eigenvalue weighted by atomic mass is 35.5. The average Bonchev–Trinajstić information content (AvgIpc) is 3.02. The molecule has 3 rings (SSSR count). The molecule has 0 saturated heterocycles. The molecule has 25 heavy (non-hydrogen) atoms. The molecule has 7 nitrogen and oxygen atoms in total. The van der Waals surface area contributed by atoms with E-state index in [1.165, 1.54) is 7.11 Å². The van der Waals surface area contributed by atoms with E-state index in [0.29, 0.717) is 29.1 Å². The SMILES string of the molecule is CCCNc1nc(Cl)nc2c1ncn2Cc1ccc(C(=O)OC)cc1. The molecule has 2 heterocycles. The fourth-order valence-electron chi connectivity index (χ4n) is 2.46. The van der Waals surface area contributed by atoms with Gasteiger partial charge in [0.2, 0.25) is 5.28 Å². The number of ether oxygens (including phenoxy) is 1. The van der Waals surface area contributed by atoms with E-state index in [-0.39, 0.29) is 11.3 Å². The van der Waals surface area contributed by atoms with E-state index in [4.69, 9.17) is 16.3 Å². The number of esters is 1. The first-order valence-corrected chi connectivity index (χ1v) is 8.29. The Bertz CT molecular complexity index is 892. The number of nitrogens with one attached hydrogen (secondary N) is 1. The van der Waals surface area contributed by atoms with Crippen molar-refractivity contribution in [1.29, 1.82) is 0 Å². The number of rotatable bonds is 6. The molecule has 0 aliphatic rings. The molecule has 8 heteroatoms. The van der Waals surface area contributed by atoms with Crippen LogP contribution in [-0.2, 0) is 11.3 Å². The molecule has 0 aliphatic carbocycles. The number of carbonyl (C=O) groups excluding carboxylic acids is 1. The first-order valence-electron chi connectivity index (χ1n) is 7.92. The van der Waals surface area contributed by atoms with Crippen molar-refractivity contribution >= 4 is 34.6 Å². The van der Waals surface area contributed by atoms with Crippen LogP contribution >= 0.6 is 11.6 Å². The number of hydrogen-bond donors (Lipinski definition) is 1. The number of fused-ring (bicyclic) bond motifs is 1. The molecule has 2 aromatic heterocycles. The molecule has 130 valence electrons. The highest BCUT2D eigenvalue weighted by Crippen LogP contribution is 2.21. The van der Waals surface area contributed by atoms with Crippen molar-refractivity contribution in [2.75, 3.05) is 19.0 Å². The Balaban J connectivity index is 1.89. The van der Waals surface area contributed by atoms with Crippen LogP contribution in [0.5, 0.6) is 0 Å². The van der Waals surface area contributed by atoms with Crippen molar-refractivity contribution in [2.24, 2.45) is 0 Å². The number of methoxy groups -OCH3 is 1. The van der Waals surface area contributed by atoms with Gasteiger partial charge in [-0.15, -0.1) is 0 Å². The van der Waals surface area contributed by atoms with Crippen LogP contribution in [0.4, 0.5) is 5.82 Å². The number of hydrogen-bond acceptors (Lipinski definition) is 6. The van der Waals surface area contributed by atoms with Crippen molar-refractivity contribution in [3.8, 4) is 0 Å². The molecule has 0 saturated carbocycles. The van der Waals surface area contributed by atoms with Gasteiger partial charge < -0.3 is 14.6 Å². The van der Waals surface area contributed by atoms with Crippen molar-refractivity contribution in [3.05, 3.63) is 47.0 Å². The molecule has 0 spiro atoms. The van der Waals surface area contributed by atoms with Crippen LogP contribution in [0, 0.1) is 0 Å². The summed E-state index contributed by atoms with van der Waals surface area (Å²) in [5, 5.41) is 3.39. The molecule has 1 N–H and O–H groups in total. The van der Waals surface area contributed by atoms with Gasteiger partial charge in [-0.1, -0.05) is 19.1 Å². The van der Waals surface area contributed by atoms with Gasteiger partial charge in [-0.25, -0.2) is 9.78 Å². The van der Waals surface area contributed by atoms with E-state index in [9.17, 15) is 4.79 Å². The van der Waals surface area contributed by atoms with Gasteiger partial charge >= 0.3 is 5.97 Å². The zero-order valence-corrected chi connectivity index (χ0v) is 14.7. The zero-order chi connectivity index (χ0) is 17.8. The van der Waals surface area contributed by atoms with Crippen LogP contribution in [0.2, 0.25) is 5.28 Å². The van der Waals surface area contributed by atoms with Gasteiger partial charge in [-0.05, 0) is 35.7 Å². The zero-order valence-electron chi connectivity index (χ0n) is 14.0. The summed E-state index contributed by atoms with van der Waals surface area (Å²) >= 11 is 6.05. The van der Waals surface area contributed by atoms with E-state index in [2.05, 4.69) is 27.2 Å². The lowest BCUT2D eigenvalue weighted by Gasteiger charge is -2.07. The van der Waals surface area contributed by atoms with Crippen LogP contribution in [-0.4, -0.2) is 39.1 Å². The molecular formula is C17H18ClN5O2. The van der Waals surface area contributed by atoms with Gasteiger partial charge in [0.25, 0.3) is 0 Å². The minimum Gasteiger partial charge on any atom is -0.465 e. The summed E-state index contributed by atoms with van der Waals surface area (Å²) < 4.78 is 6.60. The number of anilines is 1. The van der Waals surface area contributed by atoms with Gasteiger partial charge in [-0.3, -0.25) is 0 Å². The Morgan fingerprint density at radius 3 is 2.72 bits per heavy atom. The van der Waals surface area contributed by atoms with Gasteiger partial charge in [-0.2, -0.15) is 9.97 Å². The quantitative estimate of drug-likeness (QED) is 0.538. The van der Waals surface area contributed by atoms with Crippen molar-refractivity contribution < 1.29 is 9.53 Å². The van der Waals surface area contributed by atoms with Crippen LogP contribution in [0.25, 0.3) is 11.2 Å². The Morgan fingerprint density at radius 1 is 1.28 bits per heavy atom. The summed E-state index contributed by atoms with van der Waals surface area (Å²) in [6.07, 6.45) is 2.68. The normalized spacial score (nSPS) is 10.8. The van der Waals surface area contributed by atoms with Gasteiger partial charge in [0.05, 0.1) is 25.5 Å². The fourth-order valence-corrected chi connectivity index (χ4v) is 2.63. The summed E-state index contributed by atoms with van der Waals surface area (Å²) in [5.74, 6) is 0.280. The standard InChI is InChI=1S/C17H18ClN5O2/c1-3-8-19-14-13-15(22-17(18)21-14)23(10-20-13)9-11-4-6-12(7-5-11)16(24)25-2/h4-7,10H,3,8-9H2,1-2H3,(H,19,21,22). The molecule has 1 aromatic carbocycles. The first-order chi connectivity index (χ1) is 12.1. The summed E-state index contributed by atoms with van der Waals surface area (Å²) in [6, 6.07) is 7.21. The highest BCUT2D eigenvalue weighted by Gasteiger charge is 2.13. The number of imidazole rings is 1. The molecular weight excluding hydrogens is 342 g/mol. The summed E-state index contributed by atoms with van der Waals surface area (Å²) in [5.41, 5.74) is 2.86. The number of benzene rings is 1. The molecule has 0 aliphatic heterocycles. The minimum absolute atomic E-state index is 0.175. The molecule has 0 unspecified atom stereocenters. The third-order valence-electron chi connectivity index (χ3n) is 3.71. The van der Waals surface area contributed by atoms with Crippen LogP contribution in [0.1, 0.15) is 29.3 Å². The second kappa shape index (κ2) is 7.48. The molecule has 0 fully saturated rings. The van der Waals surface area contributed by atoms with Crippen molar-refractivity contribution in [2.45, 2.75) is 19.9 Å². The Labute approximate surface area is 150 Å². The maximum absolute atomic E-state index is 11.5. The van der Waals surface area contributed by atoms with Crippen molar-refractivity contribution in [3.63, 3.8) is 0 Å². The number of halogens is 1. The molecule has 0 amide bonds. The highest BCUT2D eigenvalue weighted by molar-refractivity contribution is 6.28. The van der Waals surface area contributed by atoms with Crippen LogP contribution < -0.4 is 5.32 Å². The summed E-state index contributed by atoms with van der Waals surface area (Å²) in [7, 11) is 1.36. The maximum atomic E-state index is 11.5. The monoisotopic (exact) mass is 359 g/mol.